The van der Waals surface area contributed by atoms with Crippen LogP contribution in [-0.2, 0) is 0 Å². The average Bonchev–Trinajstić information content (AvgIpc) is 2.53. The molecule has 2 rings (SSSR count). The number of amides is 1. The molecule has 2 aromatic rings. The number of benzene rings is 2. The minimum Gasteiger partial charge on any atom is -0.378 e. The van der Waals surface area contributed by atoms with Gasteiger partial charge < -0.3 is 10.2 Å². The van der Waals surface area contributed by atoms with Crippen molar-refractivity contribution in [2.24, 2.45) is 0 Å². The number of nitrogens with one attached hydrogen (secondary N) is 1. The van der Waals surface area contributed by atoms with Gasteiger partial charge in [0.2, 0.25) is 0 Å². The highest BCUT2D eigenvalue weighted by Crippen LogP contribution is 2.23. The van der Waals surface area contributed by atoms with Crippen molar-refractivity contribution in [2.75, 3.05) is 19.4 Å². The van der Waals surface area contributed by atoms with Gasteiger partial charge in [-0.25, -0.2) is 0 Å². The van der Waals surface area contributed by atoms with E-state index in [1.54, 1.807) is 19.0 Å². The highest BCUT2D eigenvalue weighted by atomic mass is 16.2. The van der Waals surface area contributed by atoms with Crippen LogP contribution < -0.4 is 5.32 Å². The second kappa shape index (κ2) is 6.93. The third kappa shape index (κ3) is 3.85. The molecular formula is C18H22N2O. The molecule has 0 saturated heterocycles. The Morgan fingerprint density at radius 2 is 1.81 bits per heavy atom. The first kappa shape index (κ1) is 15.1. The lowest BCUT2D eigenvalue weighted by Crippen LogP contribution is -2.21. The number of carbonyl (C=O) groups is 1. The molecule has 3 nitrogen and oxygen atoms in total. The minimum atomic E-state index is 0.0198. The summed E-state index contributed by atoms with van der Waals surface area (Å²) in [4.78, 5) is 13.6. The van der Waals surface area contributed by atoms with Crippen LogP contribution >= 0.6 is 0 Å². The maximum atomic E-state index is 12.0. The monoisotopic (exact) mass is 282 g/mol. The summed E-state index contributed by atoms with van der Waals surface area (Å²) in [5.74, 6) is 0.0198. The second-order valence-corrected chi connectivity index (χ2v) is 5.30. The fourth-order valence-electron chi connectivity index (χ4n) is 2.31. The van der Waals surface area contributed by atoms with Gasteiger partial charge in [-0.3, -0.25) is 4.79 Å². The predicted molar refractivity (Wildman–Crippen MR) is 87.6 cm³/mol. The Morgan fingerprint density at radius 1 is 1.10 bits per heavy atom. The van der Waals surface area contributed by atoms with Crippen LogP contribution in [-0.4, -0.2) is 24.9 Å². The Balaban J connectivity index is 2.19. The van der Waals surface area contributed by atoms with Crippen molar-refractivity contribution in [1.29, 1.82) is 0 Å². The van der Waals surface area contributed by atoms with E-state index in [1.807, 2.05) is 42.5 Å². The summed E-state index contributed by atoms with van der Waals surface area (Å²) in [6, 6.07) is 18.3. The fourth-order valence-corrected chi connectivity index (χ4v) is 2.31. The zero-order valence-electron chi connectivity index (χ0n) is 12.8. The van der Waals surface area contributed by atoms with Crippen LogP contribution in [0, 0.1) is 0 Å². The van der Waals surface area contributed by atoms with E-state index in [0.29, 0.717) is 5.56 Å². The number of rotatable bonds is 5. The molecule has 110 valence electrons. The summed E-state index contributed by atoms with van der Waals surface area (Å²) < 4.78 is 0. The quantitative estimate of drug-likeness (QED) is 0.900. The van der Waals surface area contributed by atoms with Gasteiger partial charge >= 0.3 is 0 Å². The van der Waals surface area contributed by atoms with Gasteiger partial charge in [-0.1, -0.05) is 43.3 Å². The molecule has 0 spiro atoms. The van der Waals surface area contributed by atoms with Gasteiger partial charge in [0.1, 0.15) is 0 Å². The molecule has 0 heterocycles. The second-order valence-electron chi connectivity index (χ2n) is 5.30. The van der Waals surface area contributed by atoms with Crippen LogP contribution in [0.25, 0.3) is 0 Å². The van der Waals surface area contributed by atoms with Crippen LogP contribution in [0.15, 0.2) is 54.6 Å². The lowest BCUT2D eigenvalue weighted by Gasteiger charge is -2.19. The molecule has 0 bridgehead atoms. The Morgan fingerprint density at radius 3 is 2.43 bits per heavy atom. The van der Waals surface area contributed by atoms with E-state index < -0.39 is 0 Å². The highest BCUT2D eigenvalue weighted by molar-refractivity contribution is 5.94. The van der Waals surface area contributed by atoms with E-state index in [9.17, 15) is 4.79 Å². The van der Waals surface area contributed by atoms with E-state index in [2.05, 4.69) is 24.4 Å². The molecule has 0 aliphatic heterocycles. The molecule has 2 aromatic carbocycles. The summed E-state index contributed by atoms with van der Waals surface area (Å²) in [6.07, 6.45) is 0.982. The summed E-state index contributed by atoms with van der Waals surface area (Å²) in [7, 11) is 3.53. The zero-order valence-corrected chi connectivity index (χ0v) is 12.8. The maximum Gasteiger partial charge on any atom is 0.253 e. The molecule has 0 aliphatic carbocycles. The molecule has 0 saturated carbocycles. The molecular weight excluding hydrogens is 260 g/mol. The summed E-state index contributed by atoms with van der Waals surface area (Å²) in [6.45, 7) is 2.15. The van der Waals surface area contributed by atoms with E-state index in [1.165, 1.54) is 5.56 Å². The molecule has 0 radical (unpaired) electrons. The van der Waals surface area contributed by atoms with Crippen LogP contribution in [0.4, 0.5) is 5.69 Å². The summed E-state index contributed by atoms with van der Waals surface area (Å²) in [5, 5.41) is 3.51. The average molecular weight is 282 g/mol. The van der Waals surface area contributed by atoms with Crippen LogP contribution in [0.1, 0.15) is 35.3 Å². The van der Waals surface area contributed by atoms with Crippen molar-refractivity contribution < 1.29 is 4.79 Å². The highest BCUT2D eigenvalue weighted by Gasteiger charge is 2.11. The predicted octanol–water partition coefficient (Wildman–Crippen LogP) is 3.95. The van der Waals surface area contributed by atoms with Crippen molar-refractivity contribution in [3.8, 4) is 0 Å². The van der Waals surface area contributed by atoms with Crippen LogP contribution in [0.3, 0.4) is 0 Å². The van der Waals surface area contributed by atoms with E-state index in [4.69, 9.17) is 0 Å². The standard InChI is InChI=1S/C18H22N2O/c1-4-17(14-9-6-5-7-10-14)19-16-12-8-11-15(13-16)18(21)20(2)3/h5-13,17,19H,4H2,1-3H3. The first-order valence-electron chi connectivity index (χ1n) is 7.25. The smallest absolute Gasteiger partial charge is 0.253 e. The van der Waals surface area contributed by atoms with Crippen molar-refractivity contribution in [3.63, 3.8) is 0 Å². The fraction of sp³-hybridized carbons (Fsp3) is 0.278. The van der Waals surface area contributed by atoms with Crippen molar-refractivity contribution in [3.05, 3.63) is 65.7 Å². The molecule has 1 N–H and O–H groups in total. The van der Waals surface area contributed by atoms with Crippen molar-refractivity contribution in [1.82, 2.24) is 4.90 Å². The topological polar surface area (TPSA) is 32.3 Å². The number of nitrogens with zero attached hydrogens (tertiary/aromatic N) is 1. The molecule has 0 fully saturated rings. The SMILES string of the molecule is CCC(Nc1cccc(C(=O)N(C)C)c1)c1ccccc1. The maximum absolute atomic E-state index is 12.0. The number of anilines is 1. The van der Waals surface area contributed by atoms with Gasteiger partial charge in [-0.05, 0) is 30.2 Å². The van der Waals surface area contributed by atoms with Gasteiger partial charge in [-0.2, -0.15) is 0 Å². The van der Waals surface area contributed by atoms with Crippen molar-refractivity contribution in [2.45, 2.75) is 19.4 Å². The first-order valence-corrected chi connectivity index (χ1v) is 7.25. The number of hydrogen-bond acceptors (Lipinski definition) is 2. The van der Waals surface area contributed by atoms with Gasteiger partial charge in [0, 0.05) is 25.3 Å². The summed E-state index contributed by atoms with van der Waals surface area (Å²) in [5.41, 5.74) is 2.93. The molecule has 1 amide bonds. The molecule has 1 unspecified atom stereocenters. The molecule has 1 atom stereocenters. The van der Waals surface area contributed by atoms with Crippen LogP contribution in [0.5, 0.6) is 0 Å². The molecule has 21 heavy (non-hydrogen) atoms. The molecule has 0 aromatic heterocycles. The van der Waals surface area contributed by atoms with Gasteiger partial charge in [0.15, 0.2) is 0 Å². The van der Waals surface area contributed by atoms with E-state index >= 15 is 0 Å². The Kier molecular flexibility index (Phi) is 4.99. The number of carbonyl (C=O) groups excluding carboxylic acids is 1. The lowest BCUT2D eigenvalue weighted by molar-refractivity contribution is 0.0827. The Bertz CT molecular complexity index is 593. The Labute approximate surface area is 126 Å². The normalized spacial score (nSPS) is 11.8. The Hall–Kier alpha value is -2.29. The zero-order chi connectivity index (χ0) is 15.2. The largest absolute Gasteiger partial charge is 0.378 e. The van der Waals surface area contributed by atoms with E-state index in [0.717, 1.165) is 12.1 Å². The minimum absolute atomic E-state index is 0.0198. The summed E-state index contributed by atoms with van der Waals surface area (Å²) >= 11 is 0. The number of hydrogen-bond donors (Lipinski definition) is 1. The molecule has 3 heteroatoms. The third-order valence-electron chi connectivity index (χ3n) is 3.47. The first-order chi connectivity index (χ1) is 10.1. The van der Waals surface area contributed by atoms with E-state index in [-0.39, 0.29) is 11.9 Å². The van der Waals surface area contributed by atoms with Crippen molar-refractivity contribution >= 4 is 11.6 Å². The lowest BCUT2D eigenvalue weighted by atomic mass is 10.0. The van der Waals surface area contributed by atoms with Gasteiger partial charge in [0.25, 0.3) is 5.91 Å². The van der Waals surface area contributed by atoms with Crippen LogP contribution in [0.2, 0.25) is 0 Å². The van der Waals surface area contributed by atoms with Gasteiger partial charge in [0.05, 0.1) is 6.04 Å². The third-order valence-corrected chi connectivity index (χ3v) is 3.47. The van der Waals surface area contributed by atoms with Gasteiger partial charge in [-0.15, -0.1) is 0 Å². The molecule has 0 aliphatic rings.